The third-order valence-corrected chi connectivity index (χ3v) is 8.26. The van der Waals surface area contributed by atoms with Gasteiger partial charge in [0.05, 0.1) is 41.3 Å². The second kappa shape index (κ2) is 7.13. The first kappa shape index (κ1) is 19.9. The van der Waals surface area contributed by atoms with Crippen LogP contribution in [0.4, 0.5) is 11.5 Å². The van der Waals surface area contributed by atoms with Crippen LogP contribution in [0.15, 0.2) is 78.0 Å². The number of anilines is 2. The normalized spacial score (nSPS) is 17.5. The lowest BCUT2D eigenvalue weighted by molar-refractivity contribution is 0.270. The molecule has 0 spiro atoms. The van der Waals surface area contributed by atoms with Crippen LogP contribution in [-0.2, 0) is 16.4 Å². The molecule has 2 aliphatic rings. The number of nitrogen functional groups attached to an aromatic ring is 1. The molecule has 2 aliphatic heterocycles. The first-order chi connectivity index (χ1) is 16.0. The molecule has 0 radical (unpaired) electrons. The minimum atomic E-state index is -3.90. The van der Waals surface area contributed by atoms with Crippen molar-refractivity contribution in [3.05, 3.63) is 78.6 Å². The van der Waals surface area contributed by atoms with Gasteiger partial charge in [-0.2, -0.15) is 0 Å². The Morgan fingerprint density at radius 2 is 1.73 bits per heavy atom. The van der Waals surface area contributed by atoms with Gasteiger partial charge in [0.15, 0.2) is 0 Å². The molecule has 0 amide bonds. The van der Waals surface area contributed by atoms with Gasteiger partial charge in [-0.3, -0.25) is 9.29 Å². The molecule has 3 heterocycles. The Labute approximate surface area is 191 Å². The number of nitrogens with zero attached hydrogens (tertiary/aromatic N) is 3. The maximum atomic E-state index is 13.9. The van der Waals surface area contributed by atoms with Crippen LogP contribution < -0.4 is 10.0 Å². The first-order valence-electron chi connectivity index (χ1n) is 10.6. The molecule has 0 unspecified atom stereocenters. The molecule has 164 valence electrons. The largest absolute Gasteiger partial charge is 0.394 e. The Hall–Kier alpha value is -3.75. The number of benzene rings is 3. The van der Waals surface area contributed by atoms with Crippen molar-refractivity contribution in [2.75, 3.05) is 16.6 Å². The van der Waals surface area contributed by atoms with Crippen LogP contribution in [0, 0.1) is 0 Å². The second-order valence-corrected chi connectivity index (χ2v) is 10.1. The van der Waals surface area contributed by atoms with Gasteiger partial charge in [0.1, 0.15) is 5.82 Å². The van der Waals surface area contributed by atoms with Crippen molar-refractivity contribution in [1.82, 2.24) is 9.97 Å². The van der Waals surface area contributed by atoms with Crippen molar-refractivity contribution < 1.29 is 13.5 Å². The highest BCUT2D eigenvalue weighted by Crippen LogP contribution is 2.45. The summed E-state index contributed by atoms with van der Waals surface area (Å²) in [4.78, 5) is 8.86. The summed E-state index contributed by atoms with van der Waals surface area (Å²) in [6.45, 7) is -0.261. The quantitative estimate of drug-likeness (QED) is 0.478. The molecular weight excluding hydrogens is 436 g/mol. The molecule has 7 nitrogen and oxygen atoms in total. The van der Waals surface area contributed by atoms with Gasteiger partial charge in [-0.05, 0) is 46.9 Å². The summed E-state index contributed by atoms with van der Waals surface area (Å²) in [5, 5.41) is 10.0. The SMILES string of the molecule is Nc1cnc(-c2ccc3cc2-c2ccc4c(c2)N([C@H](CO)C4)S(=O)(=O)c2ccccc2-3)cn1. The van der Waals surface area contributed by atoms with E-state index in [0.29, 0.717) is 29.2 Å². The zero-order chi connectivity index (χ0) is 22.7. The van der Waals surface area contributed by atoms with E-state index in [1.54, 1.807) is 18.3 Å². The van der Waals surface area contributed by atoms with Crippen molar-refractivity contribution in [2.45, 2.75) is 17.4 Å². The van der Waals surface area contributed by atoms with Crippen LogP contribution >= 0.6 is 0 Å². The predicted octanol–water partition coefficient (Wildman–Crippen LogP) is 3.49. The predicted molar refractivity (Wildman–Crippen MR) is 127 cm³/mol. The Bertz CT molecular complexity index is 1520. The Morgan fingerprint density at radius 3 is 2.52 bits per heavy atom. The van der Waals surface area contributed by atoms with Gasteiger partial charge in [0, 0.05) is 11.1 Å². The average Bonchev–Trinajstić information content (AvgIpc) is 3.23. The van der Waals surface area contributed by atoms with E-state index >= 15 is 0 Å². The summed E-state index contributed by atoms with van der Waals surface area (Å²) in [6.07, 6.45) is 3.62. The summed E-state index contributed by atoms with van der Waals surface area (Å²) in [5.41, 5.74) is 11.9. The van der Waals surface area contributed by atoms with E-state index in [4.69, 9.17) is 5.73 Å². The molecule has 4 bridgehead atoms. The Balaban J connectivity index is 1.71. The van der Waals surface area contributed by atoms with Crippen molar-refractivity contribution in [3.8, 4) is 33.5 Å². The fourth-order valence-electron chi connectivity index (χ4n) is 4.79. The summed E-state index contributed by atoms with van der Waals surface area (Å²) < 4.78 is 29.2. The van der Waals surface area contributed by atoms with Crippen molar-refractivity contribution in [3.63, 3.8) is 0 Å². The summed E-state index contributed by atoms with van der Waals surface area (Å²) in [6, 6.07) is 18.1. The smallest absolute Gasteiger partial charge is 0.265 e. The molecule has 8 heteroatoms. The van der Waals surface area contributed by atoms with Crippen molar-refractivity contribution in [2.24, 2.45) is 0 Å². The Kier molecular flexibility index (Phi) is 4.30. The molecule has 3 aromatic carbocycles. The maximum absolute atomic E-state index is 13.9. The molecule has 0 fully saturated rings. The molecule has 33 heavy (non-hydrogen) atoms. The average molecular weight is 457 g/mol. The minimum Gasteiger partial charge on any atom is -0.394 e. The van der Waals surface area contributed by atoms with E-state index in [1.807, 2.05) is 48.5 Å². The highest BCUT2D eigenvalue weighted by Gasteiger charge is 2.40. The van der Waals surface area contributed by atoms with Gasteiger partial charge < -0.3 is 10.8 Å². The number of hydrogen-bond acceptors (Lipinski definition) is 6. The fraction of sp³-hybridized carbons (Fsp3) is 0.120. The van der Waals surface area contributed by atoms with Crippen LogP contribution in [0.3, 0.4) is 0 Å². The number of rotatable bonds is 2. The molecule has 0 saturated heterocycles. The third kappa shape index (κ3) is 2.95. The van der Waals surface area contributed by atoms with E-state index in [-0.39, 0.29) is 11.5 Å². The van der Waals surface area contributed by atoms with E-state index < -0.39 is 16.1 Å². The maximum Gasteiger partial charge on any atom is 0.265 e. The molecule has 6 rings (SSSR count). The zero-order valence-electron chi connectivity index (χ0n) is 17.5. The summed E-state index contributed by atoms with van der Waals surface area (Å²) in [7, 11) is -3.90. The molecule has 3 N–H and O–H groups in total. The lowest BCUT2D eigenvalue weighted by Gasteiger charge is -2.28. The van der Waals surface area contributed by atoms with Crippen molar-refractivity contribution >= 4 is 21.5 Å². The van der Waals surface area contributed by atoms with E-state index in [2.05, 4.69) is 9.97 Å². The van der Waals surface area contributed by atoms with Gasteiger partial charge in [-0.1, -0.05) is 42.5 Å². The van der Waals surface area contributed by atoms with E-state index in [9.17, 15) is 13.5 Å². The first-order valence-corrected chi connectivity index (χ1v) is 12.0. The highest BCUT2D eigenvalue weighted by atomic mass is 32.2. The fourth-order valence-corrected chi connectivity index (χ4v) is 6.68. The van der Waals surface area contributed by atoms with Gasteiger partial charge >= 0.3 is 0 Å². The molecule has 4 aromatic rings. The van der Waals surface area contributed by atoms with Crippen LogP contribution in [0.25, 0.3) is 33.5 Å². The number of aliphatic hydroxyl groups excluding tert-OH is 1. The van der Waals surface area contributed by atoms with Gasteiger partial charge in [0.2, 0.25) is 0 Å². The van der Waals surface area contributed by atoms with Crippen molar-refractivity contribution in [1.29, 1.82) is 0 Å². The zero-order valence-corrected chi connectivity index (χ0v) is 18.3. The number of sulfonamides is 1. The third-order valence-electron chi connectivity index (χ3n) is 6.33. The molecule has 0 saturated carbocycles. The summed E-state index contributed by atoms with van der Waals surface area (Å²) >= 11 is 0. The number of aromatic nitrogens is 2. The van der Waals surface area contributed by atoms with Crippen LogP contribution in [0.2, 0.25) is 0 Å². The van der Waals surface area contributed by atoms with Crippen LogP contribution in [0.5, 0.6) is 0 Å². The van der Waals surface area contributed by atoms with E-state index in [0.717, 1.165) is 27.8 Å². The number of hydrogen-bond donors (Lipinski definition) is 2. The standard InChI is InChI=1S/C25H20N4O3S/c26-25-13-27-22(12-28-25)20-8-7-15-10-21(20)16-5-6-17-9-18(14-30)29(23(17)11-16)33(31,32)24-4-2-1-3-19(15)24/h1-8,10-13,18,30H,9,14H2,(H2,26,28)/t18-/m0/s1. The summed E-state index contributed by atoms with van der Waals surface area (Å²) in [5.74, 6) is 0.341. The van der Waals surface area contributed by atoms with Crippen LogP contribution in [-0.4, -0.2) is 36.1 Å². The lowest BCUT2D eigenvalue weighted by atomic mass is 9.92. The molecule has 1 atom stereocenters. The molecule has 0 aliphatic carbocycles. The number of nitrogens with two attached hydrogens (primary N) is 1. The van der Waals surface area contributed by atoms with E-state index in [1.165, 1.54) is 10.5 Å². The lowest BCUT2D eigenvalue weighted by Crippen LogP contribution is -2.40. The number of aliphatic hydroxyl groups is 1. The van der Waals surface area contributed by atoms with Gasteiger partial charge in [0.25, 0.3) is 10.0 Å². The van der Waals surface area contributed by atoms with Gasteiger partial charge in [-0.15, -0.1) is 0 Å². The van der Waals surface area contributed by atoms with Gasteiger partial charge in [-0.25, -0.2) is 13.4 Å². The molecule has 1 aromatic heterocycles. The topological polar surface area (TPSA) is 109 Å². The number of fused-ring (bicyclic) bond motifs is 6. The highest BCUT2D eigenvalue weighted by molar-refractivity contribution is 7.93. The minimum absolute atomic E-state index is 0.217. The second-order valence-electron chi connectivity index (χ2n) is 8.27. The monoisotopic (exact) mass is 456 g/mol. The Morgan fingerprint density at radius 1 is 0.939 bits per heavy atom. The molecular formula is C25H20N4O3S. The van der Waals surface area contributed by atoms with Crippen LogP contribution in [0.1, 0.15) is 5.56 Å².